The van der Waals surface area contributed by atoms with Crippen molar-refractivity contribution in [2.24, 2.45) is 5.73 Å². The fourth-order valence-electron chi connectivity index (χ4n) is 2.68. The molecule has 180 valence electrons. The van der Waals surface area contributed by atoms with Crippen LogP contribution in [-0.2, 0) is 48.2 Å². The molecule has 0 spiro atoms. The maximum Gasteiger partial charge on any atom is 0.397 e. The molecule has 8 atom stereocenters. The molecule has 0 aromatic heterocycles. The van der Waals surface area contributed by atoms with Crippen LogP contribution in [0.3, 0.4) is 0 Å². The Morgan fingerprint density at radius 2 is 1.71 bits per heavy atom. The van der Waals surface area contributed by atoms with E-state index in [2.05, 4.69) is 8.37 Å². The lowest BCUT2D eigenvalue weighted by molar-refractivity contribution is -0.301. The number of hydrogen-bond donors (Lipinski definition) is 7. The second kappa shape index (κ2) is 9.56. The van der Waals surface area contributed by atoms with Gasteiger partial charge in [-0.25, -0.2) is 13.2 Å². The van der Waals surface area contributed by atoms with Crippen LogP contribution in [-0.4, -0.2) is 108 Å². The van der Waals surface area contributed by atoms with E-state index in [0.717, 1.165) is 0 Å². The number of aliphatic carboxylic acids is 1. The van der Waals surface area contributed by atoms with Gasteiger partial charge in [-0.15, -0.1) is 0 Å². The Hall–Kier alpha value is -1.49. The third-order valence-electron chi connectivity index (χ3n) is 4.03. The van der Waals surface area contributed by atoms with Crippen LogP contribution in [0.25, 0.3) is 0 Å². The van der Waals surface area contributed by atoms with Gasteiger partial charge in [0.15, 0.2) is 12.4 Å². The van der Waals surface area contributed by atoms with E-state index >= 15 is 0 Å². The van der Waals surface area contributed by atoms with E-state index in [1.165, 1.54) is 0 Å². The number of carboxylic acid groups (broad SMARTS) is 1. The number of carboxylic acids is 1. The molecule has 2 rings (SSSR count). The van der Waals surface area contributed by atoms with E-state index in [9.17, 15) is 36.9 Å². The lowest BCUT2D eigenvalue weighted by Crippen LogP contribution is -2.64. The Balaban J connectivity index is 2.34. The fourth-order valence-corrected chi connectivity index (χ4v) is 3.47. The number of nitrogens with two attached hydrogens (primary N) is 1. The van der Waals surface area contributed by atoms with Gasteiger partial charge >= 0.3 is 26.8 Å². The van der Waals surface area contributed by atoms with Crippen molar-refractivity contribution in [2.45, 2.75) is 49.1 Å². The van der Waals surface area contributed by atoms with E-state index < -0.39 is 88.3 Å². The monoisotopic (exact) mass is 497 g/mol. The summed E-state index contributed by atoms with van der Waals surface area (Å²) in [4.78, 5) is 11.2. The summed E-state index contributed by atoms with van der Waals surface area (Å²) in [6.07, 6.45) is -13.1. The van der Waals surface area contributed by atoms with Crippen LogP contribution >= 0.6 is 0 Å². The van der Waals surface area contributed by atoms with E-state index in [-0.39, 0.29) is 0 Å². The van der Waals surface area contributed by atoms with Crippen LogP contribution in [0.5, 0.6) is 0 Å². The molecular weight excluding hydrogens is 478 g/mol. The van der Waals surface area contributed by atoms with Crippen molar-refractivity contribution >= 4 is 26.8 Å². The molecule has 0 aliphatic carbocycles. The number of ether oxygens (including phenoxy) is 3. The van der Waals surface area contributed by atoms with Crippen LogP contribution in [0.2, 0.25) is 0 Å². The van der Waals surface area contributed by atoms with Gasteiger partial charge in [-0.2, -0.15) is 16.8 Å². The van der Waals surface area contributed by atoms with Crippen LogP contribution < -0.4 is 5.73 Å². The summed E-state index contributed by atoms with van der Waals surface area (Å²) in [7, 11) is -10.3. The van der Waals surface area contributed by atoms with Crippen molar-refractivity contribution in [2.75, 3.05) is 6.61 Å². The summed E-state index contributed by atoms with van der Waals surface area (Å²) >= 11 is 0. The minimum Gasteiger partial charge on any atom is -0.475 e. The van der Waals surface area contributed by atoms with Gasteiger partial charge in [-0.1, -0.05) is 0 Å². The molecule has 0 bridgehead atoms. The summed E-state index contributed by atoms with van der Waals surface area (Å²) in [5.74, 6) is -2.66. The van der Waals surface area contributed by atoms with Gasteiger partial charge in [0.1, 0.15) is 24.4 Å². The maximum absolute atomic E-state index is 11.2. The zero-order chi connectivity index (χ0) is 23.7. The third-order valence-corrected chi connectivity index (χ3v) is 4.93. The van der Waals surface area contributed by atoms with Crippen molar-refractivity contribution in [1.82, 2.24) is 0 Å². The molecule has 2 aliphatic rings. The van der Waals surface area contributed by atoms with Gasteiger partial charge in [0.2, 0.25) is 12.0 Å². The number of rotatable bonds is 8. The lowest BCUT2D eigenvalue weighted by atomic mass is 9.97. The van der Waals surface area contributed by atoms with Gasteiger partial charge in [-0.05, 0) is 6.08 Å². The highest BCUT2D eigenvalue weighted by Crippen LogP contribution is 2.29. The highest BCUT2D eigenvalue weighted by atomic mass is 32.3. The van der Waals surface area contributed by atoms with Crippen LogP contribution in [0.4, 0.5) is 0 Å². The smallest absolute Gasteiger partial charge is 0.397 e. The Morgan fingerprint density at radius 3 is 2.23 bits per heavy atom. The van der Waals surface area contributed by atoms with Gasteiger partial charge < -0.3 is 40.4 Å². The number of aliphatic hydroxyl groups is 3. The zero-order valence-corrected chi connectivity index (χ0v) is 16.7. The zero-order valence-electron chi connectivity index (χ0n) is 15.1. The van der Waals surface area contributed by atoms with Gasteiger partial charge in [0.25, 0.3) is 0 Å². The fraction of sp³-hybridized carbons (Fsp3) is 0.750. The topological polar surface area (TPSA) is 279 Å². The Bertz CT molecular complexity index is 902. The third kappa shape index (κ3) is 7.00. The first-order valence-electron chi connectivity index (χ1n) is 8.09. The first kappa shape index (κ1) is 25.8. The molecule has 8 N–H and O–H groups in total. The summed E-state index contributed by atoms with van der Waals surface area (Å²) < 4.78 is 84.7. The summed E-state index contributed by atoms with van der Waals surface area (Å²) in [6.45, 7) is -1.06. The molecule has 2 heterocycles. The standard InChI is InChI=1S/C12H19NO16S2/c13-6-7(15)9(5(26-11(6)18)2-25-30(19,20)21)28-12-8(29-31(22,23)24)3(14)1-4(27-12)10(16)17/h1,3,5-9,11-12,14-15,18H,2,13H2,(H,16,17)(H,19,20,21)(H,22,23,24)/t3-,5+,6+,7+,8+,9+,11+,12-/m0/s1. The minimum absolute atomic E-state index is 0.528. The molecule has 0 aromatic rings. The summed E-state index contributed by atoms with van der Waals surface area (Å²) in [5, 5.41) is 39.0. The van der Waals surface area contributed by atoms with E-state index in [0.29, 0.717) is 6.08 Å². The highest BCUT2D eigenvalue weighted by molar-refractivity contribution is 7.81. The van der Waals surface area contributed by atoms with Crippen molar-refractivity contribution in [3.63, 3.8) is 0 Å². The maximum atomic E-state index is 11.2. The number of hydrogen-bond acceptors (Lipinski definition) is 14. The Morgan fingerprint density at radius 1 is 1.10 bits per heavy atom. The molecule has 0 unspecified atom stereocenters. The Labute approximate surface area is 174 Å². The molecule has 17 nitrogen and oxygen atoms in total. The van der Waals surface area contributed by atoms with Crippen molar-refractivity contribution in [3.05, 3.63) is 11.8 Å². The molecule has 2 aliphatic heterocycles. The van der Waals surface area contributed by atoms with Crippen molar-refractivity contribution in [1.29, 1.82) is 0 Å². The highest BCUT2D eigenvalue weighted by Gasteiger charge is 2.49. The van der Waals surface area contributed by atoms with Crippen molar-refractivity contribution < 1.29 is 73.7 Å². The summed E-state index contributed by atoms with van der Waals surface area (Å²) in [6, 6.07) is -1.57. The number of aliphatic hydroxyl groups excluding tert-OH is 3. The molecule has 19 heteroatoms. The molecule has 0 saturated carbocycles. The predicted octanol–water partition coefficient (Wildman–Crippen LogP) is -4.53. The van der Waals surface area contributed by atoms with Crippen LogP contribution in [0.15, 0.2) is 11.8 Å². The molecule has 0 amide bonds. The average molecular weight is 497 g/mol. The normalized spacial score (nSPS) is 37.0. The molecule has 31 heavy (non-hydrogen) atoms. The first-order chi connectivity index (χ1) is 14.1. The lowest BCUT2D eigenvalue weighted by Gasteiger charge is -2.43. The van der Waals surface area contributed by atoms with E-state index in [1.807, 2.05) is 0 Å². The molecule has 1 fully saturated rings. The molecule has 0 aromatic carbocycles. The van der Waals surface area contributed by atoms with Crippen LogP contribution in [0.1, 0.15) is 0 Å². The number of carbonyl (C=O) groups is 1. The molecule has 1 saturated heterocycles. The van der Waals surface area contributed by atoms with E-state index in [4.69, 9.17) is 34.2 Å². The van der Waals surface area contributed by atoms with Crippen molar-refractivity contribution in [3.8, 4) is 0 Å². The second-order valence-corrected chi connectivity index (χ2v) is 8.39. The summed E-state index contributed by atoms with van der Waals surface area (Å²) in [5.41, 5.74) is 5.52. The predicted molar refractivity (Wildman–Crippen MR) is 90.3 cm³/mol. The van der Waals surface area contributed by atoms with Gasteiger partial charge in [0, 0.05) is 0 Å². The Kier molecular flexibility index (Phi) is 7.95. The quantitative estimate of drug-likeness (QED) is 0.155. The largest absolute Gasteiger partial charge is 0.475 e. The SMILES string of the molecule is N[C@@H]1[C@@H](O)[C@H](O[C@@H]2OC(C(=O)O)=C[C@H](O)[C@H]2OS(=O)(=O)O)[C@@H](COS(=O)(=O)O)O[C@H]1O. The van der Waals surface area contributed by atoms with Gasteiger partial charge in [-0.3, -0.25) is 9.11 Å². The first-order valence-corrected chi connectivity index (χ1v) is 10.8. The minimum atomic E-state index is -5.24. The molecule has 0 radical (unpaired) electrons. The van der Waals surface area contributed by atoms with E-state index in [1.54, 1.807) is 0 Å². The average Bonchev–Trinajstić information content (AvgIpc) is 2.61. The van der Waals surface area contributed by atoms with Crippen LogP contribution in [0, 0.1) is 0 Å². The van der Waals surface area contributed by atoms with Gasteiger partial charge in [0.05, 0.1) is 12.6 Å². The second-order valence-electron chi connectivity index (χ2n) is 6.25. The molecular formula is C12H19NO16S2.